The fraction of sp³-hybridized carbons (Fsp3) is 0.231. The van der Waals surface area contributed by atoms with Crippen molar-refractivity contribution in [1.29, 1.82) is 0 Å². The molecular formula is C13H16N4O. The van der Waals surface area contributed by atoms with Crippen molar-refractivity contribution in [1.82, 2.24) is 10.2 Å². The van der Waals surface area contributed by atoms with E-state index in [1.165, 1.54) is 0 Å². The number of carbonyl (C=O) groups is 1. The van der Waals surface area contributed by atoms with E-state index in [1.54, 1.807) is 12.1 Å². The Kier molecular flexibility index (Phi) is 3.32. The number of hydrogen-bond donors (Lipinski definition) is 3. The lowest BCUT2D eigenvalue weighted by molar-refractivity contribution is 0.100. The van der Waals surface area contributed by atoms with Crippen molar-refractivity contribution in [2.45, 2.75) is 20.4 Å². The van der Waals surface area contributed by atoms with Crippen LogP contribution in [0.3, 0.4) is 0 Å². The van der Waals surface area contributed by atoms with Crippen LogP contribution in [0.15, 0.2) is 24.3 Å². The first kappa shape index (κ1) is 12.2. The number of nitrogens with one attached hydrogen (secondary N) is 2. The van der Waals surface area contributed by atoms with Gasteiger partial charge in [0.25, 0.3) is 0 Å². The van der Waals surface area contributed by atoms with Crippen LogP contribution < -0.4 is 11.1 Å². The predicted octanol–water partition coefficient (Wildman–Crippen LogP) is 1.74. The summed E-state index contributed by atoms with van der Waals surface area (Å²) in [6, 6.07) is 7.23. The Bertz CT molecular complexity index is 537. The summed E-state index contributed by atoms with van der Waals surface area (Å²) in [5.41, 5.74) is 9.78. The van der Waals surface area contributed by atoms with Crippen molar-refractivity contribution in [3.63, 3.8) is 0 Å². The van der Waals surface area contributed by atoms with E-state index >= 15 is 0 Å². The monoisotopic (exact) mass is 244 g/mol. The summed E-state index contributed by atoms with van der Waals surface area (Å²) in [5, 5.41) is 10.4. The standard InChI is InChI=1S/C13H16N4O/c1-8-12(9(2)17-16-8)15-7-10-3-5-11(6-4-10)13(14)18/h3-6,15H,7H2,1-2H3,(H2,14,18)(H,16,17). The average Bonchev–Trinajstić information content (AvgIpc) is 2.67. The van der Waals surface area contributed by atoms with Crippen LogP contribution in [0.4, 0.5) is 5.69 Å². The number of anilines is 1. The van der Waals surface area contributed by atoms with Gasteiger partial charge in [-0.1, -0.05) is 12.1 Å². The van der Waals surface area contributed by atoms with Crippen LogP contribution in [0.1, 0.15) is 27.3 Å². The van der Waals surface area contributed by atoms with Crippen LogP contribution >= 0.6 is 0 Å². The zero-order valence-corrected chi connectivity index (χ0v) is 10.4. The number of nitrogens with two attached hydrogens (primary N) is 1. The molecule has 18 heavy (non-hydrogen) atoms. The average molecular weight is 244 g/mol. The Balaban J connectivity index is 2.04. The van der Waals surface area contributed by atoms with Gasteiger partial charge in [0.1, 0.15) is 0 Å². The second kappa shape index (κ2) is 4.91. The quantitative estimate of drug-likeness (QED) is 0.766. The number of amides is 1. The summed E-state index contributed by atoms with van der Waals surface area (Å²) in [6.45, 7) is 4.60. The smallest absolute Gasteiger partial charge is 0.248 e. The molecule has 1 amide bonds. The SMILES string of the molecule is Cc1n[nH]c(C)c1NCc1ccc(C(N)=O)cc1. The number of aromatic nitrogens is 2. The number of primary amides is 1. The molecule has 1 aromatic heterocycles. The molecule has 5 nitrogen and oxygen atoms in total. The Hall–Kier alpha value is -2.30. The first-order valence-corrected chi connectivity index (χ1v) is 5.72. The fourth-order valence-electron chi connectivity index (χ4n) is 1.79. The number of H-pyrrole nitrogens is 1. The molecule has 5 heteroatoms. The molecule has 2 rings (SSSR count). The second-order valence-electron chi connectivity index (χ2n) is 4.22. The van der Waals surface area contributed by atoms with E-state index in [-0.39, 0.29) is 0 Å². The molecule has 0 bridgehead atoms. The minimum Gasteiger partial charge on any atom is -0.378 e. The molecule has 2 aromatic rings. The maximum atomic E-state index is 10.9. The third kappa shape index (κ3) is 2.51. The van der Waals surface area contributed by atoms with Gasteiger partial charge in [-0.15, -0.1) is 0 Å². The number of hydrogen-bond acceptors (Lipinski definition) is 3. The number of aromatic amines is 1. The normalized spacial score (nSPS) is 10.3. The van der Waals surface area contributed by atoms with E-state index in [2.05, 4.69) is 15.5 Å². The van der Waals surface area contributed by atoms with Gasteiger partial charge in [-0.2, -0.15) is 5.10 Å². The highest BCUT2D eigenvalue weighted by molar-refractivity contribution is 5.92. The Morgan fingerprint density at radius 2 is 2.00 bits per heavy atom. The molecule has 1 heterocycles. The molecule has 0 atom stereocenters. The van der Waals surface area contributed by atoms with Crippen molar-refractivity contribution in [2.24, 2.45) is 5.73 Å². The molecule has 0 saturated heterocycles. The molecule has 0 saturated carbocycles. The first-order chi connectivity index (χ1) is 8.58. The van der Waals surface area contributed by atoms with E-state index in [1.807, 2.05) is 26.0 Å². The van der Waals surface area contributed by atoms with Gasteiger partial charge in [0.15, 0.2) is 0 Å². The summed E-state index contributed by atoms with van der Waals surface area (Å²) < 4.78 is 0. The lowest BCUT2D eigenvalue weighted by atomic mass is 10.1. The molecule has 1 aromatic carbocycles. The first-order valence-electron chi connectivity index (χ1n) is 5.72. The highest BCUT2D eigenvalue weighted by atomic mass is 16.1. The molecule has 0 fully saturated rings. The summed E-state index contributed by atoms with van der Waals surface area (Å²) >= 11 is 0. The minimum absolute atomic E-state index is 0.406. The highest BCUT2D eigenvalue weighted by Gasteiger charge is 2.05. The van der Waals surface area contributed by atoms with Crippen LogP contribution in [0.2, 0.25) is 0 Å². The van der Waals surface area contributed by atoms with Crippen LogP contribution in [0, 0.1) is 13.8 Å². The topological polar surface area (TPSA) is 83.8 Å². The Morgan fingerprint density at radius 1 is 1.33 bits per heavy atom. The van der Waals surface area contributed by atoms with Gasteiger partial charge in [0.05, 0.1) is 17.1 Å². The maximum Gasteiger partial charge on any atom is 0.248 e. The van der Waals surface area contributed by atoms with Gasteiger partial charge in [-0.05, 0) is 31.5 Å². The zero-order valence-electron chi connectivity index (χ0n) is 10.4. The van der Waals surface area contributed by atoms with Crippen LogP contribution in [-0.2, 0) is 6.54 Å². The molecule has 0 aliphatic heterocycles. The summed E-state index contributed by atoms with van der Waals surface area (Å²) in [7, 11) is 0. The van der Waals surface area contributed by atoms with E-state index < -0.39 is 5.91 Å². The number of carbonyl (C=O) groups excluding carboxylic acids is 1. The Morgan fingerprint density at radius 3 is 2.50 bits per heavy atom. The van der Waals surface area contributed by atoms with E-state index in [0.717, 1.165) is 22.6 Å². The molecule has 0 radical (unpaired) electrons. The van der Waals surface area contributed by atoms with Gasteiger partial charge in [0.2, 0.25) is 5.91 Å². The van der Waals surface area contributed by atoms with Gasteiger partial charge >= 0.3 is 0 Å². The maximum absolute atomic E-state index is 10.9. The van der Waals surface area contributed by atoms with Crippen molar-refractivity contribution < 1.29 is 4.79 Å². The van der Waals surface area contributed by atoms with E-state index in [4.69, 9.17) is 5.73 Å². The Labute approximate surface area is 105 Å². The molecule has 0 unspecified atom stereocenters. The third-order valence-corrected chi connectivity index (χ3v) is 2.84. The summed E-state index contributed by atoms with van der Waals surface area (Å²) in [5.74, 6) is -0.406. The number of rotatable bonds is 4. The van der Waals surface area contributed by atoms with Gasteiger partial charge in [0, 0.05) is 12.1 Å². The van der Waals surface area contributed by atoms with Gasteiger partial charge in [-0.25, -0.2) is 0 Å². The van der Waals surface area contributed by atoms with Crippen molar-refractivity contribution in [3.8, 4) is 0 Å². The third-order valence-electron chi connectivity index (χ3n) is 2.84. The second-order valence-corrected chi connectivity index (χ2v) is 4.22. The van der Waals surface area contributed by atoms with Crippen molar-refractivity contribution >= 4 is 11.6 Å². The largest absolute Gasteiger partial charge is 0.378 e. The summed E-state index contributed by atoms with van der Waals surface area (Å²) in [6.07, 6.45) is 0. The molecule has 4 N–H and O–H groups in total. The minimum atomic E-state index is -0.406. The van der Waals surface area contributed by atoms with Crippen molar-refractivity contribution in [2.75, 3.05) is 5.32 Å². The molecule has 0 aliphatic rings. The molecular weight excluding hydrogens is 228 g/mol. The van der Waals surface area contributed by atoms with Gasteiger partial charge in [-0.3, -0.25) is 9.89 Å². The number of nitrogens with zero attached hydrogens (tertiary/aromatic N) is 1. The van der Waals surface area contributed by atoms with E-state index in [9.17, 15) is 4.79 Å². The predicted molar refractivity (Wildman–Crippen MR) is 70.3 cm³/mol. The number of benzene rings is 1. The molecule has 0 aliphatic carbocycles. The zero-order chi connectivity index (χ0) is 13.1. The van der Waals surface area contributed by atoms with Crippen LogP contribution in [-0.4, -0.2) is 16.1 Å². The van der Waals surface area contributed by atoms with Crippen LogP contribution in [0.5, 0.6) is 0 Å². The van der Waals surface area contributed by atoms with Crippen LogP contribution in [0.25, 0.3) is 0 Å². The molecule has 94 valence electrons. The highest BCUT2D eigenvalue weighted by Crippen LogP contribution is 2.17. The van der Waals surface area contributed by atoms with Crippen molar-refractivity contribution in [3.05, 3.63) is 46.8 Å². The van der Waals surface area contributed by atoms with Gasteiger partial charge < -0.3 is 11.1 Å². The number of aryl methyl sites for hydroxylation is 2. The fourth-order valence-corrected chi connectivity index (χ4v) is 1.79. The van der Waals surface area contributed by atoms with E-state index in [0.29, 0.717) is 12.1 Å². The lowest BCUT2D eigenvalue weighted by Gasteiger charge is -2.07. The summed E-state index contributed by atoms with van der Waals surface area (Å²) in [4.78, 5) is 10.9. The lowest BCUT2D eigenvalue weighted by Crippen LogP contribution is -2.10. The molecule has 0 spiro atoms.